The standard InChI is InChI=1S/C14H20F3N/c1-3-13(18-2)6-4-5-11-7-9-12(10-8-11)14(15,16)17/h7-10,13,18H,3-6H2,1-2H3. The summed E-state index contributed by atoms with van der Waals surface area (Å²) in [6, 6.07) is 5.96. The summed E-state index contributed by atoms with van der Waals surface area (Å²) in [6.07, 6.45) is -0.295. The zero-order chi connectivity index (χ0) is 13.6. The van der Waals surface area contributed by atoms with Crippen LogP contribution >= 0.6 is 0 Å². The molecule has 1 aromatic rings. The van der Waals surface area contributed by atoms with E-state index < -0.39 is 11.7 Å². The molecule has 1 rings (SSSR count). The Kier molecular flexibility index (Phi) is 5.66. The van der Waals surface area contributed by atoms with Gasteiger partial charge in [-0.05, 0) is 50.4 Å². The van der Waals surface area contributed by atoms with Crippen molar-refractivity contribution in [2.75, 3.05) is 7.05 Å². The Bertz CT molecular complexity index is 339. The molecular weight excluding hydrogens is 239 g/mol. The van der Waals surface area contributed by atoms with Crippen LogP contribution in [0.15, 0.2) is 24.3 Å². The smallest absolute Gasteiger partial charge is 0.317 e. The second kappa shape index (κ2) is 6.78. The van der Waals surface area contributed by atoms with Gasteiger partial charge in [-0.2, -0.15) is 13.2 Å². The van der Waals surface area contributed by atoms with Gasteiger partial charge in [0.05, 0.1) is 5.56 Å². The molecule has 0 heterocycles. The first kappa shape index (κ1) is 15.0. The van der Waals surface area contributed by atoms with Crippen molar-refractivity contribution in [1.29, 1.82) is 0 Å². The SMILES string of the molecule is CCC(CCCc1ccc(C(F)(F)F)cc1)NC. The molecule has 0 radical (unpaired) electrons. The van der Waals surface area contributed by atoms with Gasteiger partial charge in [-0.25, -0.2) is 0 Å². The molecule has 1 atom stereocenters. The van der Waals surface area contributed by atoms with Crippen LogP contribution in [0.5, 0.6) is 0 Å². The topological polar surface area (TPSA) is 12.0 Å². The molecule has 0 fully saturated rings. The number of rotatable bonds is 6. The van der Waals surface area contributed by atoms with Crippen molar-refractivity contribution in [3.05, 3.63) is 35.4 Å². The average Bonchev–Trinajstić information content (AvgIpc) is 2.34. The van der Waals surface area contributed by atoms with Crippen LogP contribution in [0.2, 0.25) is 0 Å². The zero-order valence-electron chi connectivity index (χ0n) is 10.8. The van der Waals surface area contributed by atoms with E-state index in [2.05, 4.69) is 12.2 Å². The van der Waals surface area contributed by atoms with Gasteiger partial charge in [-0.1, -0.05) is 19.1 Å². The van der Waals surface area contributed by atoms with Crippen LogP contribution < -0.4 is 5.32 Å². The predicted octanol–water partition coefficient (Wildman–Crippen LogP) is 4.03. The number of aryl methyl sites for hydroxylation is 1. The second-order valence-corrected chi connectivity index (χ2v) is 4.48. The van der Waals surface area contributed by atoms with E-state index in [1.54, 1.807) is 12.1 Å². The van der Waals surface area contributed by atoms with Crippen molar-refractivity contribution in [3.63, 3.8) is 0 Å². The van der Waals surface area contributed by atoms with Gasteiger partial charge in [-0.15, -0.1) is 0 Å². The third kappa shape index (κ3) is 4.69. The van der Waals surface area contributed by atoms with E-state index in [0.29, 0.717) is 6.04 Å². The second-order valence-electron chi connectivity index (χ2n) is 4.48. The maximum absolute atomic E-state index is 12.4. The molecule has 0 aliphatic rings. The molecule has 0 amide bonds. The molecule has 0 aliphatic carbocycles. The molecule has 0 saturated heterocycles. The molecular formula is C14H20F3N. The Hall–Kier alpha value is -1.03. The van der Waals surface area contributed by atoms with Crippen molar-refractivity contribution in [1.82, 2.24) is 5.32 Å². The van der Waals surface area contributed by atoms with Crippen LogP contribution in [0.3, 0.4) is 0 Å². The van der Waals surface area contributed by atoms with E-state index in [9.17, 15) is 13.2 Å². The minimum atomic E-state index is -4.24. The first-order valence-electron chi connectivity index (χ1n) is 6.30. The molecule has 4 heteroatoms. The summed E-state index contributed by atoms with van der Waals surface area (Å²) in [6.45, 7) is 2.12. The predicted molar refractivity (Wildman–Crippen MR) is 67.5 cm³/mol. The molecule has 0 aromatic heterocycles. The minimum Gasteiger partial charge on any atom is -0.317 e. The number of hydrogen-bond acceptors (Lipinski definition) is 1. The highest BCUT2D eigenvalue weighted by Gasteiger charge is 2.29. The molecule has 1 N–H and O–H groups in total. The largest absolute Gasteiger partial charge is 0.416 e. The van der Waals surface area contributed by atoms with Gasteiger partial charge in [-0.3, -0.25) is 0 Å². The van der Waals surface area contributed by atoms with Gasteiger partial charge in [0, 0.05) is 6.04 Å². The van der Waals surface area contributed by atoms with E-state index in [-0.39, 0.29) is 0 Å². The van der Waals surface area contributed by atoms with Crippen molar-refractivity contribution in [2.45, 2.75) is 44.8 Å². The van der Waals surface area contributed by atoms with Crippen molar-refractivity contribution in [2.24, 2.45) is 0 Å². The van der Waals surface area contributed by atoms with Gasteiger partial charge < -0.3 is 5.32 Å². The highest BCUT2D eigenvalue weighted by atomic mass is 19.4. The van der Waals surface area contributed by atoms with Gasteiger partial charge in [0.1, 0.15) is 0 Å². The normalized spacial score (nSPS) is 13.6. The van der Waals surface area contributed by atoms with Crippen LogP contribution in [-0.4, -0.2) is 13.1 Å². The van der Waals surface area contributed by atoms with Crippen molar-refractivity contribution >= 4 is 0 Å². The van der Waals surface area contributed by atoms with Crippen LogP contribution in [0.25, 0.3) is 0 Å². The number of nitrogens with one attached hydrogen (secondary N) is 1. The fourth-order valence-electron chi connectivity index (χ4n) is 1.97. The lowest BCUT2D eigenvalue weighted by Gasteiger charge is -2.13. The third-order valence-corrected chi connectivity index (χ3v) is 3.20. The summed E-state index contributed by atoms with van der Waals surface area (Å²) in [4.78, 5) is 0. The Morgan fingerprint density at radius 2 is 1.78 bits per heavy atom. The summed E-state index contributed by atoms with van der Waals surface area (Å²) in [5.74, 6) is 0. The fraction of sp³-hybridized carbons (Fsp3) is 0.571. The average molecular weight is 259 g/mol. The summed E-state index contributed by atoms with van der Waals surface area (Å²) in [5.41, 5.74) is 0.391. The maximum Gasteiger partial charge on any atom is 0.416 e. The summed E-state index contributed by atoms with van der Waals surface area (Å²) in [7, 11) is 1.94. The molecule has 18 heavy (non-hydrogen) atoms. The van der Waals surface area contributed by atoms with E-state index in [4.69, 9.17) is 0 Å². The summed E-state index contributed by atoms with van der Waals surface area (Å²) < 4.78 is 37.1. The zero-order valence-corrected chi connectivity index (χ0v) is 10.8. The lowest BCUT2D eigenvalue weighted by atomic mass is 10.0. The molecule has 0 spiro atoms. The number of halogens is 3. The monoisotopic (exact) mass is 259 g/mol. The Morgan fingerprint density at radius 1 is 1.17 bits per heavy atom. The Balaban J connectivity index is 2.45. The lowest BCUT2D eigenvalue weighted by Crippen LogP contribution is -2.23. The van der Waals surface area contributed by atoms with Crippen LogP contribution in [0, 0.1) is 0 Å². The molecule has 0 aliphatic heterocycles. The number of alkyl halides is 3. The van der Waals surface area contributed by atoms with Gasteiger partial charge in [0.15, 0.2) is 0 Å². The first-order chi connectivity index (χ1) is 8.47. The number of benzene rings is 1. The lowest BCUT2D eigenvalue weighted by molar-refractivity contribution is -0.137. The van der Waals surface area contributed by atoms with E-state index in [1.165, 1.54) is 0 Å². The van der Waals surface area contributed by atoms with E-state index in [0.717, 1.165) is 43.4 Å². The molecule has 1 unspecified atom stereocenters. The highest BCUT2D eigenvalue weighted by Crippen LogP contribution is 2.29. The quantitative estimate of drug-likeness (QED) is 0.813. The maximum atomic E-state index is 12.4. The highest BCUT2D eigenvalue weighted by molar-refractivity contribution is 5.24. The van der Waals surface area contributed by atoms with Crippen LogP contribution in [-0.2, 0) is 12.6 Å². The van der Waals surface area contributed by atoms with Crippen LogP contribution in [0.4, 0.5) is 13.2 Å². The third-order valence-electron chi connectivity index (χ3n) is 3.20. The molecule has 0 saturated carbocycles. The van der Waals surface area contributed by atoms with E-state index >= 15 is 0 Å². The molecule has 0 bridgehead atoms. The van der Waals surface area contributed by atoms with Crippen molar-refractivity contribution in [3.8, 4) is 0 Å². The van der Waals surface area contributed by atoms with Gasteiger partial charge >= 0.3 is 6.18 Å². The first-order valence-corrected chi connectivity index (χ1v) is 6.30. The van der Waals surface area contributed by atoms with Gasteiger partial charge in [0.25, 0.3) is 0 Å². The Morgan fingerprint density at radius 3 is 2.22 bits per heavy atom. The fourth-order valence-corrected chi connectivity index (χ4v) is 1.97. The molecule has 1 aromatic carbocycles. The van der Waals surface area contributed by atoms with E-state index in [1.807, 2.05) is 7.05 Å². The Labute approximate surface area is 106 Å². The minimum absolute atomic E-state index is 0.499. The van der Waals surface area contributed by atoms with Crippen molar-refractivity contribution < 1.29 is 13.2 Å². The summed E-state index contributed by atoms with van der Waals surface area (Å²) >= 11 is 0. The number of hydrogen-bond donors (Lipinski definition) is 1. The summed E-state index contributed by atoms with van der Waals surface area (Å²) in [5, 5.41) is 3.22. The van der Waals surface area contributed by atoms with Gasteiger partial charge in [0.2, 0.25) is 0 Å². The molecule has 1 nitrogen and oxygen atoms in total. The molecule has 102 valence electrons. The van der Waals surface area contributed by atoms with Crippen LogP contribution in [0.1, 0.15) is 37.3 Å².